The Labute approximate surface area is 190 Å². The molecule has 0 N–H and O–H groups in total. The number of hydrogen-bond donors (Lipinski definition) is 0. The van der Waals surface area contributed by atoms with Crippen molar-refractivity contribution in [2.75, 3.05) is 41.5 Å². The molecule has 0 bridgehead atoms. The number of nitrogens with zero attached hydrogens (tertiary/aromatic N) is 2. The maximum atomic E-state index is 12.9. The maximum Gasteiger partial charge on any atom is 0.325 e. The van der Waals surface area contributed by atoms with Gasteiger partial charge in [-0.1, -0.05) is 11.6 Å². The molecule has 9 nitrogen and oxygen atoms in total. The van der Waals surface area contributed by atoms with Crippen LogP contribution in [0.15, 0.2) is 34.5 Å². The fourth-order valence-electron chi connectivity index (χ4n) is 2.60. The van der Waals surface area contributed by atoms with Crippen LogP contribution in [0, 0.1) is 0 Å². The minimum absolute atomic E-state index is 0.0141. The molecule has 0 atom stereocenters. The van der Waals surface area contributed by atoms with Gasteiger partial charge in [0.2, 0.25) is 5.91 Å². The second kappa shape index (κ2) is 10.8. The first-order valence-corrected chi connectivity index (χ1v) is 11.5. The number of rotatable bonds is 10. The standard InChI is InChI=1S/C19H23ClN2O7S2/c1-21(31(25,26)19-6-5-16(20)30-19)11-17(23)22(12-18(24)29-4)10-13-7-14(27-2)9-15(8-13)28-3/h5-9H,10-12H2,1-4H3. The third kappa shape index (κ3) is 6.57. The number of ether oxygens (including phenoxy) is 3. The van der Waals surface area contributed by atoms with E-state index in [1.54, 1.807) is 18.2 Å². The fraction of sp³-hybridized carbons (Fsp3) is 0.368. The summed E-state index contributed by atoms with van der Waals surface area (Å²) in [7, 11) is 1.56. The average molecular weight is 491 g/mol. The molecule has 0 unspecified atom stereocenters. The van der Waals surface area contributed by atoms with E-state index < -0.39 is 28.4 Å². The molecule has 2 aromatic rings. The van der Waals surface area contributed by atoms with Gasteiger partial charge in [-0.2, -0.15) is 4.31 Å². The van der Waals surface area contributed by atoms with Gasteiger partial charge in [0.15, 0.2) is 0 Å². The molecule has 0 saturated heterocycles. The van der Waals surface area contributed by atoms with Crippen molar-refractivity contribution in [3.8, 4) is 11.5 Å². The fourth-order valence-corrected chi connectivity index (χ4v) is 5.41. The Morgan fingerprint density at radius 1 is 1.03 bits per heavy atom. The first-order chi connectivity index (χ1) is 14.6. The van der Waals surface area contributed by atoms with E-state index >= 15 is 0 Å². The van der Waals surface area contributed by atoms with Crippen LogP contribution in [0.3, 0.4) is 0 Å². The highest BCUT2D eigenvalue weighted by Crippen LogP contribution is 2.28. The third-order valence-electron chi connectivity index (χ3n) is 4.26. The van der Waals surface area contributed by atoms with Gasteiger partial charge in [-0.15, -0.1) is 11.3 Å². The zero-order valence-corrected chi connectivity index (χ0v) is 19.8. The molecular weight excluding hydrogens is 468 g/mol. The lowest BCUT2D eigenvalue weighted by Crippen LogP contribution is -2.43. The van der Waals surface area contributed by atoms with E-state index in [4.69, 9.17) is 21.1 Å². The zero-order valence-electron chi connectivity index (χ0n) is 17.5. The van der Waals surface area contributed by atoms with Crippen LogP contribution in [-0.2, 0) is 30.9 Å². The second-order valence-corrected chi connectivity index (χ2v) is 10.4. The molecule has 170 valence electrons. The number of amides is 1. The van der Waals surface area contributed by atoms with Crippen molar-refractivity contribution in [1.82, 2.24) is 9.21 Å². The highest BCUT2D eigenvalue weighted by atomic mass is 35.5. The number of carbonyl (C=O) groups excluding carboxylic acids is 2. The molecule has 2 rings (SSSR count). The van der Waals surface area contributed by atoms with Crippen molar-refractivity contribution >= 4 is 44.8 Å². The summed E-state index contributed by atoms with van der Waals surface area (Å²) in [5.74, 6) is -0.206. The lowest BCUT2D eigenvalue weighted by Gasteiger charge is -2.24. The number of thiophene rings is 1. The van der Waals surface area contributed by atoms with E-state index in [9.17, 15) is 18.0 Å². The number of benzene rings is 1. The molecular formula is C19H23ClN2O7S2. The summed E-state index contributed by atoms with van der Waals surface area (Å²) >= 11 is 6.72. The quantitative estimate of drug-likeness (QED) is 0.470. The maximum absolute atomic E-state index is 12.9. The van der Waals surface area contributed by atoms with Gasteiger partial charge in [0, 0.05) is 19.7 Å². The molecule has 0 radical (unpaired) electrons. The molecule has 1 amide bonds. The summed E-state index contributed by atoms with van der Waals surface area (Å²) in [6, 6.07) is 7.89. The SMILES string of the molecule is COC(=O)CN(Cc1cc(OC)cc(OC)c1)C(=O)CN(C)S(=O)(=O)c1ccc(Cl)s1. The monoisotopic (exact) mass is 490 g/mol. The Balaban J connectivity index is 2.24. The van der Waals surface area contributed by atoms with Crippen molar-refractivity contribution in [2.24, 2.45) is 0 Å². The van der Waals surface area contributed by atoms with Gasteiger partial charge < -0.3 is 19.1 Å². The van der Waals surface area contributed by atoms with E-state index in [-0.39, 0.29) is 17.3 Å². The summed E-state index contributed by atoms with van der Waals surface area (Å²) in [4.78, 5) is 26.0. The summed E-state index contributed by atoms with van der Waals surface area (Å²) in [5.41, 5.74) is 0.629. The molecule has 0 aliphatic carbocycles. The van der Waals surface area contributed by atoms with Crippen molar-refractivity contribution < 1.29 is 32.2 Å². The van der Waals surface area contributed by atoms with E-state index in [0.717, 1.165) is 15.6 Å². The zero-order chi connectivity index (χ0) is 23.2. The first-order valence-electron chi connectivity index (χ1n) is 8.89. The summed E-state index contributed by atoms with van der Waals surface area (Å²) < 4.78 is 41.8. The number of hydrogen-bond acceptors (Lipinski definition) is 8. The summed E-state index contributed by atoms with van der Waals surface area (Å²) in [5, 5.41) is 0. The van der Waals surface area contributed by atoms with Crippen LogP contribution in [-0.4, -0.2) is 71.0 Å². The number of carbonyl (C=O) groups is 2. The molecule has 1 heterocycles. The van der Waals surface area contributed by atoms with Crippen LogP contribution in [0.2, 0.25) is 4.34 Å². The Bertz CT molecular complexity index is 1020. The van der Waals surface area contributed by atoms with Gasteiger partial charge in [0.1, 0.15) is 22.3 Å². The Morgan fingerprint density at radius 2 is 1.65 bits per heavy atom. The van der Waals surface area contributed by atoms with Crippen LogP contribution >= 0.6 is 22.9 Å². The highest BCUT2D eigenvalue weighted by Gasteiger charge is 2.28. The van der Waals surface area contributed by atoms with Gasteiger partial charge in [-0.25, -0.2) is 8.42 Å². The summed E-state index contributed by atoms with van der Waals surface area (Å²) in [6.07, 6.45) is 0. The Kier molecular flexibility index (Phi) is 8.69. The molecule has 1 aromatic carbocycles. The third-order valence-corrected chi connectivity index (χ3v) is 7.76. The van der Waals surface area contributed by atoms with Crippen LogP contribution in [0.25, 0.3) is 0 Å². The van der Waals surface area contributed by atoms with Crippen LogP contribution in [0.5, 0.6) is 11.5 Å². The molecule has 0 saturated carbocycles. The molecule has 0 aliphatic heterocycles. The lowest BCUT2D eigenvalue weighted by atomic mass is 10.2. The van der Waals surface area contributed by atoms with Crippen molar-refractivity contribution in [1.29, 1.82) is 0 Å². The average Bonchev–Trinajstić information content (AvgIpc) is 3.19. The number of sulfonamides is 1. The second-order valence-electron chi connectivity index (χ2n) is 6.37. The molecule has 0 spiro atoms. The van der Waals surface area contributed by atoms with E-state index in [1.807, 2.05) is 0 Å². The number of likely N-dealkylation sites (N-methyl/N-ethyl adjacent to an activating group) is 1. The minimum Gasteiger partial charge on any atom is -0.497 e. The van der Waals surface area contributed by atoms with Gasteiger partial charge in [-0.3, -0.25) is 9.59 Å². The predicted molar refractivity (Wildman–Crippen MR) is 116 cm³/mol. The number of methoxy groups -OCH3 is 3. The van der Waals surface area contributed by atoms with Gasteiger partial charge in [0.25, 0.3) is 10.0 Å². The van der Waals surface area contributed by atoms with Crippen LogP contribution < -0.4 is 9.47 Å². The predicted octanol–water partition coefficient (Wildman–Crippen LogP) is 2.24. The van der Waals surface area contributed by atoms with Crippen molar-refractivity contribution in [3.05, 3.63) is 40.2 Å². The van der Waals surface area contributed by atoms with Gasteiger partial charge >= 0.3 is 5.97 Å². The highest BCUT2D eigenvalue weighted by molar-refractivity contribution is 7.91. The largest absolute Gasteiger partial charge is 0.497 e. The van der Waals surface area contributed by atoms with E-state index in [0.29, 0.717) is 21.4 Å². The molecule has 12 heteroatoms. The topological polar surface area (TPSA) is 102 Å². The number of halogens is 1. The minimum atomic E-state index is -3.91. The molecule has 0 aliphatic rings. The molecule has 1 aromatic heterocycles. The van der Waals surface area contributed by atoms with Gasteiger partial charge in [0.05, 0.1) is 32.2 Å². The van der Waals surface area contributed by atoms with Crippen molar-refractivity contribution in [2.45, 2.75) is 10.8 Å². The molecule has 31 heavy (non-hydrogen) atoms. The normalized spacial score (nSPS) is 11.3. The van der Waals surface area contributed by atoms with Crippen LogP contribution in [0.1, 0.15) is 5.56 Å². The van der Waals surface area contributed by atoms with Crippen LogP contribution in [0.4, 0.5) is 0 Å². The number of esters is 1. The van der Waals surface area contributed by atoms with E-state index in [1.165, 1.54) is 45.4 Å². The summed E-state index contributed by atoms with van der Waals surface area (Å²) in [6.45, 7) is -0.816. The lowest BCUT2D eigenvalue weighted by molar-refractivity contribution is -0.147. The Morgan fingerprint density at radius 3 is 2.13 bits per heavy atom. The first kappa shape index (κ1) is 24.9. The molecule has 0 fully saturated rings. The van der Waals surface area contributed by atoms with E-state index in [2.05, 4.69) is 4.74 Å². The Hall–Kier alpha value is -2.34. The van der Waals surface area contributed by atoms with Crippen molar-refractivity contribution in [3.63, 3.8) is 0 Å². The van der Waals surface area contributed by atoms with Gasteiger partial charge in [-0.05, 0) is 29.8 Å². The smallest absolute Gasteiger partial charge is 0.325 e.